The van der Waals surface area contributed by atoms with Gasteiger partial charge in [0, 0.05) is 0 Å². The molecule has 0 bridgehead atoms. The first kappa shape index (κ1) is 22.1. The first-order valence-electron chi connectivity index (χ1n) is 9.54. The van der Waals surface area contributed by atoms with Crippen molar-refractivity contribution >= 4 is 44.9 Å². The lowest BCUT2D eigenvalue weighted by molar-refractivity contribution is -0.138. The zero-order valence-electron chi connectivity index (χ0n) is 17.0. The Morgan fingerprint density at radius 3 is 2.53 bits per heavy atom. The molecule has 2 N–H and O–H groups in total. The summed E-state index contributed by atoms with van der Waals surface area (Å²) in [7, 11) is 1.58. The molecule has 0 unspecified atom stereocenters. The normalized spacial score (nSPS) is 15.9. The molecule has 2 aromatic carbocycles. The molecule has 0 spiro atoms. The lowest BCUT2D eigenvalue weighted by atomic mass is 9.92. The Labute approximate surface area is 189 Å². The second-order valence-electron chi connectivity index (χ2n) is 6.37. The highest BCUT2D eigenvalue weighted by molar-refractivity contribution is 9.10. The number of thiocarbonyl (C=S) groups is 1. The number of nitrogens with one attached hydrogen (secondary N) is 2. The Morgan fingerprint density at radius 1 is 1.17 bits per heavy atom. The van der Waals surface area contributed by atoms with Crippen LogP contribution in [0.25, 0.3) is 5.70 Å². The second-order valence-corrected chi connectivity index (χ2v) is 7.64. The van der Waals surface area contributed by atoms with Gasteiger partial charge in [0.05, 0.1) is 42.1 Å². The maximum Gasteiger partial charge on any atom is 0.338 e. The second kappa shape index (κ2) is 9.95. The average molecular weight is 491 g/mol. The first-order chi connectivity index (χ1) is 14.5. The molecular weight excluding hydrogens is 468 g/mol. The van der Waals surface area contributed by atoms with Crippen LogP contribution in [0.1, 0.15) is 31.0 Å². The molecule has 6 nitrogen and oxygen atoms in total. The molecule has 1 aliphatic rings. The van der Waals surface area contributed by atoms with Gasteiger partial charge in [0.15, 0.2) is 16.6 Å². The fraction of sp³-hybridized carbons (Fsp3) is 0.273. The van der Waals surface area contributed by atoms with Crippen LogP contribution in [0.15, 0.2) is 52.5 Å². The predicted molar refractivity (Wildman–Crippen MR) is 123 cm³/mol. The van der Waals surface area contributed by atoms with E-state index in [-0.39, 0.29) is 6.61 Å². The Balaban J connectivity index is 2.21. The summed E-state index contributed by atoms with van der Waals surface area (Å²) < 4.78 is 17.3. The highest BCUT2D eigenvalue weighted by Crippen LogP contribution is 2.41. The molecular formula is C22H23BrN2O4S. The van der Waals surface area contributed by atoms with Crippen molar-refractivity contribution in [1.82, 2.24) is 10.6 Å². The maximum absolute atomic E-state index is 13.0. The molecule has 3 rings (SSSR count). The topological polar surface area (TPSA) is 68.8 Å². The highest BCUT2D eigenvalue weighted by atomic mass is 79.9. The van der Waals surface area contributed by atoms with Crippen molar-refractivity contribution in [3.63, 3.8) is 0 Å². The molecule has 1 heterocycles. The van der Waals surface area contributed by atoms with Crippen molar-refractivity contribution < 1.29 is 19.0 Å². The van der Waals surface area contributed by atoms with Gasteiger partial charge in [-0.3, -0.25) is 0 Å². The number of hydrogen-bond acceptors (Lipinski definition) is 5. The number of rotatable bonds is 7. The number of esters is 1. The molecule has 30 heavy (non-hydrogen) atoms. The molecule has 0 saturated heterocycles. The summed E-state index contributed by atoms with van der Waals surface area (Å²) in [5.41, 5.74) is 2.68. The van der Waals surface area contributed by atoms with E-state index in [0.717, 1.165) is 11.1 Å². The molecule has 0 amide bonds. The van der Waals surface area contributed by atoms with Gasteiger partial charge in [0.1, 0.15) is 0 Å². The summed E-state index contributed by atoms with van der Waals surface area (Å²) in [6, 6.07) is 12.8. The molecule has 158 valence electrons. The van der Waals surface area contributed by atoms with Gasteiger partial charge in [0.2, 0.25) is 0 Å². The Morgan fingerprint density at radius 2 is 1.90 bits per heavy atom. The third-order valence-corrected chi connectivity index (χ3v) is 5.31. The van der Waals surface area contributed by atoms with Crippen LogP contribution in [-0.4, -0.2) is 31.4 Å². The molecule has 1 atom stereocenters. The minimum Gasteiger partial charge on any atom is -0.492 e. The van der Waals surface area contributed by atoms with Crippen molar-refractivity contribution in [3.05, 3.63) is 63.6 Å². The summed E-state index contributed by atoms with van der Waals surface area (Å²) in [6.45, 7) is 4.41. The van der Waals surface area contributed by atoms with Crippen LogP contribution < -0.4 is 20.1 Å². The standard InChI is InChI=1S/C22H23BrN2O4S/c1-4-28-16-12-14(11-15(23)20(16)27-3)19-17(21(26)29-5-2)18(24-22(30)25-19)13-9-7-6-8-10-13/h6-12,19H,4-5H2,1-3H3,(H2,24,25,30)/t19-/m0/s1. The summed E-state index contributed by atoms with van der Waals surface area (Å²) in [6.07, 6.45) is 0. The van der Waals surface area contributed by atoms with Gasteiger partial charge in [-0.05, 0) is 65.3 Å². The Kier molecular flexibility index (Phi) is 7.33. The average Bonchev–Trinajstić information content (AvgIpc) is 2.74. The van der Waals surface area contributed by atoms with Crippen LogP contribution in [0.2, 0.25) is 0 Å². The number of halogens is 1. The molecule has 2 aromatic rings. The smallest absolute Gasteiger partial charge is 0.338 e. The van der Waals surface area contributed by atoms with Crippen LogP contribution in [0, 0.1) is 0 Å². The fourth-order valence-electron chi connectivity index (χ4n) is 3.29. The third kappa shape index (κ3) is 4.60. The van der Waals surface area contributed by atoms with Crippen LogP contribution >= 0.6 is 28.1 Å². The monoisotopic (exact) mass is 490 g/mol. The molecule has 0 aliphatic carbocycles. The van der Waals surface area contributed by atoms with Crippen molar-refractivity contribution in [2.75, 3.05) is 20.3 Å². The number of ether oxygens (including phenoxy) is 3. The molecule has 0 radical (unpaired) electrons. The predicted octanol–water partition coefficient (Wildman–Crippen LogP) is 4.35. The number of carbonyl (C=O) groups excluding carboxylic acids is 1. The largest absolute Gasteiger partial charge is 0.492 e. The Bertz CT molecular complexity index is 979. The van der Waals surface area contributed by atoms with Crippen LogP contribution in [0.3, 0.4) is 0 Å². The van der Waals surface area contributed by atoms with E-state index in [1.165, 1.54) is 0 Å². The van der Waals surface area contributed by atoms with Crippen LogP contribution in [0.5, 0.6) is 11.5 Å². The van der Waals surface area contributed by atoms with E-state index < -0.39 is 12.0 Å². The van der Waals surface area contributed by atoms with Crippen molar-refractivity contribution in [1.29, 1.82) is 0 Å². The third-order valence-electron chi connectivity index (χ3n) is 4.50. The highest BCUT2D eigenvalue weighted by Gasteiger charge is 2.34. The summed E-state index contributed by atoms with van der Waals surface area (Å²) >= 11 is 9.00. The van der Waals surface area contributed by atoms with E-state index in [1.807, 2.05) is 49.4 Å². The van der Waals surface area contributed by atoms with E-state index in [9.17, 15) is 4.79 Å². The lowest BCUT2D eigenvalue weighted by Gasteiger charge is -2.31. The van der Waals surface area contributed by atoms with Crippen LogP contribution in [-0.2, 0) is 9.53 Å². The molecule has 0 fully saturated rings. The Hall–Kier alpha value is -2.58. The number of benzene rings is 2. The quantitative estimate of drug-likeness (QED) is 0.441. The van der Waals surface area contributed by atoms with Gasteiger partial charge in [-0.1, -0.05) is 30.3 Å². The van der Waals surface area contributed by atoms with Gasteiger partial charge in [-0.2, -0.15) is 0 Å². The zero-order valence-corrected chi connectivity index (χ0v) is 19.4. The maximum atomic E-state index is 13.0. The molecule has 0 saturated carbocycles. The zero-order chi connectivity index (χ0) is 21.7. The van der Waals surface area contributed by atoms with Gasteiger partial charge < -0.3 is 24.8 Å². The lowest BCUT2D eigenvalue weighted by Crippen LogP contribution is -2.45. The minimum absolute atomic E-state index is 0.262. The van der Waals surface area contributed by atoms with E-state index in [0.29, 0.717) is 39.0 Å². The number of carbonyl (C=O) groups is 1. The molecule has 0 aromatic heterocycles. The van der Waals surface area contributed by atoms with Gasteiger partial charge in [-0.15, -0.1) is 0 Å². The van der Waals surface area contributed by atoms with E-state index >= 15 is 0 Å². The van der Waals surface area contributed by atoms with Crippen LogP contribution in [0.4, 0.5) is 0 Å². The van der Waals surface area contributed by atoms with E-state index in [4.69, 9.17) is 26.4 Å². The van der Waals surface area contributed by atoms with E-state index in [1.54, 1.807) is 14.0 Å². The first-order valence-corrected chi connectivity index (χ1v) is 10.7. The van der Waals surface area contributed by atoms with Gasteiger partial charge >= 0.3 is 5.97 Å². The fourth-order valence-corrected chi connectivity index (χ4v) is 4.13. The number of methoxy groups -OCH3 is 1. The summed E-state index contributed by atoms with van der Waals surface area (Å²) in [5.74, 6) is 0.732. The number of hydrogen-bond donors (Lipinski definition) is 2. The summed E-state index contributed by atoms with van der Waals surface area (Å²) in [4.78, 5) is 13.0. The molecule has 8 heteroatoms. The SMILES string of the molecule is CCOC(=O)C1=C(c2ccccc2)NC(=S)N[C@H]1c1cc(Br)c(OC)c(OCC)c1. The van der Waals surface area contributed by atoms with Gasteiger partial charge in [-0.25, -0.2) is 4.79 Å². The molecule has 1 aliphatic heterocycles. The van der Waals surface area contributed by atoms with Crippen molar-refractivity contribution in [3.8, 4) is 11.5 Å². The summed E-state index contributed by atoms with van der Waals surface area (Å²) in [5, 5.41) is 6.74. The van der Waals surface area contributed by atoms with Gasteiger partial charge in [0.25, 0.3) is 0 Å². The van der Waals surface area contributed by atoms with Crippen molar-refractivity contribution in [2.24, 2.45) is 0 Å². The van der Waals surface area contributed by atoms with E-state index in [2.05, 4.69) is 26.6 Å². The van der Waals surface area contributed by atoms with Crippen molar-refractivity contribution in [2.45, 2.75) is 19.9 Å². The minimum atomic E-state index is -0.533.